The van der Waals surface area contributed by atoms with Crippen LogP contribution in [0.1, 0.15) is 21.9 Å². The summed E-state index contributed by atoms with van der Waals surface area (Å²) in [5, 5.41) is 6.07. The van der Waals surface area contributed by atoms with E-state index in [2.05, 4.69) is 25.5 Å². The molecule has 122 valence electrons. The molecule has 0 saturated carbocycles. The van der Waals surface area contributed by atoms with Crippen LogP contribution in [-0.4, -0.2) is 48.0 Å². The van der Waals surface area contributed by atoms with Gasteiger partial charge in [-0.1, -0.05) is 12.1 Å². The van der Waals surface area contributed by atoms with Crippen molar-refractivity contribution in [1.82, 2.24) is 14.9 Å². The molecule has 0 aliphatic heterocycles. The van der Waals surface area contributed by atoms with E-state index in [1.807, 2.05) is 45.3 Å². The van der Waals surface area contributed by atoms with Crippen molar-refractivity contribution in [2.45, 2.75) is 13.8 Å². The third-order valence-electron chi connectivity index (χ3n) is 3.21. The molecule has 2 aromatic rings. The van der Waals surface area contributed by atoms with Gasteiger partial charge in [0.1, 0.15) is 17.3 Å². The quantitative estimate of drug-likeness (QED) is 0.856. The average Bonchev–Trinajstić information content (AvgIpc) is 2.46. The zero-order valence-corrected chi connectivity index (χ0v) is 14.1. The highest BCUT2D eigenvalue weighted by Crippen LogP contribution is 2.12. The molecule has 1 amide bonds. The second-order valence-electron chi connectivity index (χ2n) is 5.74. The number of aromatic nitrogens is 2. The zero-order valence-electron chi connectivity index (χ0n) is 14.1. The van der Waals surface area contributed by atoms with E-state index in [1.165, 1.54) is 0 Å². The Kier molecular flexibility index (Phi) is 5.65. The summed E-state index contributed by atoms with van der Waals surface area (Å²) < 4.78 is 0. The lowest BCUT2D eigenvalue weighted by Crippen LogP contribution is -2.22. The minimum Gasteiger partial charge on any atom is -0.369 e. The molecule has 2 rings (SSSR count). The number of benzene rings is 1. The van der Waals surface area contributed by atoms with E-state index in [0.29, 0.717) is 17.3 Å². The number of anilines is 2. The molecule has 0 saturated heterocycles. The van der Waals surface area contributed by atoms with Gasteiger partial charge in [-0.15, -0.1) is 0 Å². The van der Waals surface area contributed by atoms with Crippen LogP contribution in [0.5, 0.6) is 0 Å². The highest BCUT2D eigenvalue weighted by atomic mass is 16.1. The number of hydrogen-bond acceptors (Lipinski definition) is 5. The molecule has 0 unspecified atom stereocenters. The molecular formula is C17H23N5O. The molecule has 6 nitrogen and oxygen atoms in total. The highest BCUT2D eigenvalue weighted by molar-refractivity contribution is 6.03. The number of amides is 1. The number of nitrogens with zero attached hydrogens (tertiary/aromatic N) is 3. The van der Waals surface area contributed by atoms with Crippen LogP contribution < -0.4 is 10.6 Å². The number of carbonyl (C=O) groups excluding carboxylic acids is 1. The van der Waals surface area contributed by atoms with Crippen molar-refractivity contribution < 1.29 is 4.79 Å². The number of aryl methyl sites for hydroxylation is 2. The summed E-state index contributed by atoms with van der Waals surface area (Å²) in [4.78, 5) is 23.0. The monoisotopic (exact) mass is 313 g/mol. The summed E-state index contributed by atoms with van der Waals surface area (Å²) in [6.45, 7) is 5.40. The van der Waals surface area contributed by atoms with E-state index in [9.17, 15) is 4.79 Å². The average molecular weight is 313 g/mol. The molecule has 0 atom stereocenters. The van der Waals surface area contributed by atoms with Crippen molar-refractivity contribution in [2.75, 3.05) is 37.8 Å². The lowest BCUT2D eigenvalue weighted by molar-refractivity contribution is 0.102. The summed E-state index contributed by atoms with van der Waals surface area (Å²) >= 11 is 0. The Morgan fingerprint density at radius 1 is 1.17 bits per heavy atom. The molecule has 0 aliphatic carbocycles. The lowest BCUT2D eigenvalue weighted by Gasteiger charge is -2.12. The summed E-state index contributed by atoms with van der Waals surface area (Å²) in [7, 11) is 4.02. The maximum atomic E-state index is 12.4. The Labute approximate surface area is 137 Å². The minimum atomic E-state index is -0.239. The van der Waals surface area contributed by atoms with Crippen LogP contribution in [0, 0.1) is 13.8 Å². The van der Waals surface area contributed by atoms with Crippen LogP contribution in [0.3, 0.4) is 0 Å². The fraction of sp³-hybridized carbons (Fsp3) is 0.353. The van der Waals surface area contributed by atoms with Gasteiger partial charge in [-0.2, -0.15) is 0 Å². The van der Waals surface area contributed by atoms with E-state index in [4.69, 9.17) is 0 Å². The van der Waals surface area contributed by atoms with E-state index >= 15 is 0 Å². The van der Waals surface area contributed by atoms with E-state index in [1.54, 1.807) is 13.0 Å². The number of likely N-dealkylation sites (N-methyl/N-ethyl adjacent to an activating group) is 1. The van der Waals surface area contributed by atoms with Gasteiger partial charge in [-0.3, -0.25) is 4.79 Å². The van der Waals surface area contributed by atoms with E-state index < -0.39 is 0 Å². The molecule has 0 aliphatic rings. The fourth-order valence-electron chi connectivity index (χ4n) is 2.10. The first kappa shape index (κ1) is 16.9. The van der Waals surface area contributed by atoms with Crippen molar-refractivity contribution in [3.63, 3.8) is 0 Å². The molecule has 0 fully saturated rings. The molecular weight excluding hydrogens is 290 g/mol. The van der Waals surface area contributed by atoms with Gasteiger partial charge in [0.25, 0.3) is 5.91 Å². The minimum absolute atomic E-state index is 0.239. The first-order valence-electron chi connectivity index (χ1n) is 7.56. The van der Waals surface area contributed by atoms with Crippen LogP contribution in [0.15, 0.2) is 30.3 Å². The van der Waals surface area contributed by atoms with Crippen molar-refractivity contribution in [2.24, 2.45) is 0 Å². The predicted molar refractivity (Wildman–Crippen MR) is 92.9 cm³/mol. The Morgan fingerprint density at radius 2 is 1.96 bits per heavy atom. The van der Waals surface area contributed by atoms with Crippen molar-refractivity contribution in [3.05, 3.63) is 47.4 Å². The van der Waals surface area contributed by atoms with Crippen molar-refractivity contribution >= 4 is 17.4 Å². The predicted octanol–water partition coefficient (Wildman–Crippen LogP) is 2.32. The van der Waals surface area contributed by atoms with Gasteiger partial charge < -0.3 is 15.5 Å². The molecule has 0 spiro atoms. The fourth-order valence-corrected chi connectivity index (χ4v) is 2.10. The van der Waals surface area contributed by atoms with E-state index in [0.717, 1.165) is 24.3 Å². The molecule has 2 N–H and O–H groups in total. The van der Waals surface area contributed by atoms with Crippen LogP contribution >= 0.6 is 0 Å². The number of rotatable bonds is 6. The molecule has 6 heteroatoms. The molecule has 1 aromatic carbocycles. The summed E-state index contributed by atoms with van der Waals surface area (Å²) in [6.07, 6.45) is 0. The van der Waals surface area contributed by atoms with Gasteiger partial charge in [0.2, 0.25) is 0 Å². The molecule has 1 aromatic heterocycles. The maximum Gasteiger partial charge on any atom is 0.274 e. The Hall–Kier alpha value is -2.47. The van der Waals surface area contributed by atoms with E-state index in [-0.39, 0.29) is 5.91 Å². The standard InChI is InChI=1S/C17H23N5O/c1-12-6-5-7-14(10-12)21-17(23)15-11-16(20-13(2)19-15)18-8-9-22(3)4/h5-7,10-11H,8-9H2,1-4H3,(H,21,23)(H,18,19,20). The molecule has 23 heavy (non-hydrogen) atoms. The Balaban J connectivity index is 2.09. The number of hydrogen-bond donors (Lipinski definition) is 2. The lowest BCUT2D eigenvalue weighted by atomic mass is 10.2. The Bertz CT molecular complexity index is 684. The Morgan fingerprint density at radius 3 is 2.65 bits per heavy atom. The van der Waals surface area contributed by atoms with Gasteiger partial charge in [0, 0.05) is 24.8 Å². The van der Waals surface area contributed by atoms with Crippen molar-refractivity contribution in [1.29, 1.82) is 0 Å². The van der Waals surface area contributed by atoms with Gasteiger partial charge in [-0.05, 0) is 45.6 Å². The smallest absolute Gasteiger partial charge is 0.274 e. The van der Waals surface area contributed by atoms with Gasteiger partial charge in [0.15, 0.2) is 0 Å². The normalized spacial score (nSPS) is 10.7. The third kappa shape index (κ3) is 5.34. The van der Waals surface area contributed by atoms with Crippen LogP contribution in [-0.2, 0) is 0 Å². The topological polar surface area (TPSA) is 70.2 Å². The number of carbonyl (C=O) groups is 1. The van der Waals surface area contributed by atoms with Crippen LogP contribution in [0.25, 0.3) is 0 Å². The second-order valence-corrected chi connectivity index (χ2v) is 5.74. The summed E-state index contributed by atoms with van der Waals surface area (Å²) in [5.41, 5.74) is 2.20. The second kappa shape index (κ2) is 7.69. The van der Waals surface area contributed by atoms with Crippen molar-refractivity contribution in [3.8, 4) is 0 Å². The van der Waals surface area contributed by atoms with Crippen LogP contribution in [0.4, 0.5) is 11.5 Å². The first-order valence-corrected chi connectivity index (χ1v) is 7.56. The maximum absolute atomic E-state index is 12.4. The SMILES string of the molecule is Cc1cccc(NC(=O)c2cc(NCCN(C)C)nc(C)n2)c1. The first-order chi connectivity index (χ1) is 10.9. The molecule has 0 bridgehead atoms. The molecule has 0 radical (unpaired) electrons. The van der Waals surface area contributed by atoms with Crippen LogP contribution in [0.2, 0.25) is 0 Å². The zero-order chi connectivity index (χ0) is 16.8. The highest BCUT2D eigenvalue weighted by Gasteiger charge is 2.11. The summed E-state index contributed by atoms with van der Waals surface area (Å²) in [6, 6.07) is 9.34. The van der Waals surface area contributed by atoms with Gasteiger partial charge >= 0.3 is 0 Å². The summed E-state index contributed by atoms with van der Waals surface area (Å²) in [5.74, 6) is 0.986. The van der Waals surface area contributed by atoms with Gasteiger partial charge in [0.05, 0.1) is 0 Å². The molecule has 1 heterocycles. The van der Waals surface area contributed by atoms with Gasteiger partial charge in [-0.25, -0.2) is 9.97 Å². The largest absolute Gasteiger partial charge is 0.369 e. The number of nitrogens with one attached hydrogen (secondary N) is 2. The third-order valence-corrected chi connectivity index (χ3v) is 3.21.